The number of rotatable bonds is 1. The molecule has 0 saturated heterocycles. The second-order valence-corrected chi connectivity index (χ2v) is 2.64. The lowest BCUT2D eigenvalue weighted by Crippen LogP contribution is -2.05. The van der Waals surface area contributed by atoms with Gasteiger partial charge in [0.15, 0.2) is 0 Å². The summed E-state index contributed by atoms with van der Waals surface area (Å²) in [6, 6.07) is 5.91. The Kier molecular flexibility index (Phi) is 4.39. The van der Waals surface area contributed by atoms with Crippen LogP contribution in [0.15, 0.2) is 18.2 Å². The van der Waals surface area contributed by atoms with Gasteiger partial charge < -0.3 is 5.73 Å². The van der Waals surface area contributed by atoms with Crippen LogP contribution >= 0.6 is 12.4 Å². The topological polar surface area (TPSA) is 49.8 Å². The largest absolute Gasteiger partial charge is 0.324 e. The molecule has 1 aromatic rings. The zero-order valence-electron chi connectivity index (χ0n) is 7.12. The minimum absolute atomic E-state index is 0. The molecule has 0 spiro atoms. The Hall–Kier alpha value is -1.11. The fourth-order valence-corrected chi connectivity index (χ4v) is 0.912. The normalized spacial score (nSPS) is 11.2. The molecule has 0 bridgehead atoms. The average molecular weight is 201 g/mol. The molecule has 13 heavy (non-hydrogen) atoms. The van der Waals surface area contributed by atoms with E-state index in [1.165, 1.54) is 12.1 Å². The van der Waals surface area contributed by atoms with Gasteiger partial charge >= 0.3 is 0 Å². The summed E-state index contributed by atoms with van der Waals surface area (Å²) in [5.74, 6) is -0.498. The van der Waals surface area contributed by atoms with Crippen molar-refractivity contribution in [3.8, 4) is 6.07 Å². The molecule has 1 atom stereocenters. The fraction of sp³-hybridized carbons (Fsp3) is 0.222. The lowest BCUT2D eigenvalue weighted by molar-refractivity contribution is 0.622. The van der Waals surface area contributed by atoms with Crippen molar-refractivity contribution in [1.82, 2.24) is 0 Å². The first-order valence-corrected chi connectivity index (χ1v) is 3.60. The minimum Gasteiger partial charge on any atom is -0.324 e. The van der Waals surface area contributed by atoms with Crippen molar-refractivity contribution in [1.29, 1.82) is 5.26 Å². The molecule has 0 fully saturated rings. The number of hydrogen-bond acceptors (Lipinski definition) is 2. The Labute approximate surface area is 82.6 Å². The minimum atomic E-state index is -0.498. The molecule has 0 unspecified atom stereocenters. The van der Waals surface area contributed by atoms with E-state index in [1.807, 2.05) is 0 Å². The monoisotopic (exact) mass is 200 g/mol. The Bertz CT molecular complexity index is 331. The molecule has 0 amide bonds. The number of benzene rings is 1. The first-order valence-electron chi connectivity index (χ1n) is 3.60. The van der Waals surface area contributed by atoms with Gasteiger partial charge in [0.2, 0.25) is 0 Å². The molecule has 0 aliphatic carbocycles. The van der Waals surface area contributed by atoms with Crippen molar-refractivity contribution >= 4 is 12.4 Å². The number of halogens is 2. The molecule has 0 radical (unpaired) electrons. The second kappa shape index (κ2) is 4.80. The molecule has 2 nitrogen and oxygen atoms in total. The highest BCUT2D eigenvalue weighted by atomic mass is 35.5. The molecule has 0 aliphatic rings. The predicted octanol–water partition coefficient (Wildman–Crippen LogP) is 2.14. The standard InChI is InChI=1S/C9H9FN2.ClH/c1-6(12)7-2-3-9(10)8(4-7)5-11;/h2-4,6H,12H2,1H3;1H/t6-;/m1./s1. The highest BCUT2D eigenvalue weighted by molar-refractivity contribution is 5.85. The van der Waals surface area contributed by atoms with Crippen LogP contribution < -0.4 is 5.73 Å². The highest BCUT2D eigenvalue weighted by Crippen LogP contribution is 2.14. The second-order valence-electron chi connectivity index (χ2n) is 2.64. The third kappa shape index (κ3) is 2.69. The van der Waals surface area contributed by atoms with Gasteiger partial charge in [0.05, 0.1) is 5.56 Å². The van der Waals surface area contributed by atoms with Crippen molar-refractivity contribution in [2.24, 2.45) is 5.73 Å². The zero-order valence-corrected chi connectivity index (χ0v) is 7.94. The van der Waals surface area contributed by atoms with Crippen LogP contribution in [-0.4, -0.2) is 0 Å². The van der Waals surface area contributed by atoms with Crippen LogP contribution in [0.4, 0.5) is 4.39 Å². The van der Waals surface area contributed by atoms with Crippen LogP contribution in [0.2, 0.25) is 0 Å². The Balaban J connectivity index is 0.00000144. The number of nitriles is 1. The molecular weight excluding hydrogens is 191 g/mol. The zero-order chi connectivity index (χ0) is 9.14. The first-order chi connectivity index (χ1) is 5.65. The van der Waals surface area contributed by atoms with E-state index in [-0.39, 0.29) is 24.0 Å². The van der Waals surface area contributed by atoms with Crippen molar-refractivity contribution in [3.05, 3.63) is 35.1 Å². The summed E-state index contributed by atoms with van der Waals surface area (Å²) in [5.41, 5.74) is 6.37. The molecule has 1 aromatic carbocycles. The van der Waals surface area contributed by atoms with Gasteiger partial charge in [0.25, 0.3) is 0 Å². The summed E-state index contributed by atoms with van der Waals surface area (Å²) in [4.78, 5) is 0. The van der Waals surface area contributed by atoms with Gasteiger partial charge in [-0.25, -0.2) is 4.39 Å². The smallest absolute Gasteiger partial charge is 0.140 e. The predicted molar refractivity (Wildman–Crippen MR) is 51.0 cm³/mol. The van der Waals surface area contributed by atoms with Crippen LogP contribution in [0.5, 0.6) is 0 Å². The molecule has 2 N–H and O–H groups in total. The summed E-state index contributed by atoms with van der Waals surface area (Å²) in [6.45, 7) is 1.79. The third-order valence-corrected chi connectivity index (χ3v) is 1.64. The molecule has 70 valence electrons. The average Bonchev–Trinajstić information content (AvgIpc) is 2.05. The number of nitrogens with two attached hydrogens (primary N) is 1. The van der Waals surface area contributed by atoms with Gasteiger partial charge in [-0.15, -0.1) is 12.4 Å². The molecule has 0 saturated carbocycles. The summed E-state index contributed by atoms with van der Waals surface area (Å²) in [7, 11) is 0. The van der Waals surface area contributed by atoms with E-state index in [4.69, 9.17) is 11.0 Å². The van der Waals surface area contributed by atoms with E-state index in [2.05, 4.69) is 0 Å². The maximum atomic E-state index is 12.8. The van der Waals surface area contributed by atoms with Crippen LogP contribution in [0.25, 0.3) is 0 Å². The van der Waals surface area contributed by atoms with Crippen LogP contribution in [0, 0.1) is 17.1 Å². The lowest BCUT2D eigenvalue weighted by atomic mass is 10.1. The molecule has 0 aromatic heterocycles. The van der Waals surface area contributed by atoms with Crippen LogP contribution in [-0.2, 0) is 0 Å². The maximum absolute atomic E-state index is 12.8. The summed E-state index contributed by atoms with van der Waals surface area (Å²) < 4.78 is 12.8. The van der Waals surface area contributed by atoms with E-state index in [9.17, 15) is 4.39 Å². The van der Waals surface area contributed by atoms with Crippen molar-refractivity contribution < 1.29 is 4.39 Å². The summed E-state index contributed by atoms with van der Waals surface area (Å²) >= 11 is 0. The van der Waals surface area contributed by atoms with Crippen molar-refractivity contribution in [3.63, 3.8) is 0 Å². The Morgan fingerprint density at radius 2 is 2.15 bits per heavy atom. The quantitative estimate of drug-likeness (QED) is 0.755. The van der Waals surface area contributed by atoms with Crippen molar-refractivity contribution in [2.45, 2.75) is 13.0 Å². The molecule has 0 aliphatic heterocycles. The summed E-state index contributed by atoms with van der Waals surface area (Å²) in [5, 5.41) is 8.49. The van der Waals surface area contributed by atoms with E-state index in [0.29, 0.717) is 0 Å². The van der Waals surface area contributed by atoms with Gasteiger partial charge in [-0.05, 0) is 24.6 Å². The van der Waals surface area contributed by atoms with Gasteiger partial charge in [0, 0.05) is 6.04 Å². The highest BCUT2D eigenvalue weighted by Gasteiger charge is 2.04. The fourth-order valence-electron chi connectivity index (χ4n) is 0.912. The van der Waals surface area contributed by atoms with Gasteiger partial charge in [-0.3, -0.25) is 0 Å². The Morgan fingerprint density at radius 1 is 1.54 bits per heavy atom. The van der Waals surface area contributed by atoms with Gasteiger partial charge in [-0.2, -0.15) is 5.26 Å². The maximum Gasteiger partial charge on any atom is 0.140 e. The van der Waals surface area contributed by atoms with Gasteiger partial charge in [-0.1, -0.05) is 6.07 Å². The van der Waals surface area contributed by atoms with E-state index < -0.39 is 5.82 Å². The van der Waals surface area contributed by atoms with Crippen LogP contribution in [0.1, 0.15) is 24.1 Å². The number of nitrogens with zero attached hydrogens (tertiary/aromatic N) is 1. The lowest BCUT2D eigenvalue weighted by Gasteiger charge is -2.04. The van der Waals surface area contributed by atoms with E-state index >= 15 is 0 Å². The van der Waals surface area contributed by atoms with Crippen molar-refractivity contribution in [2.75, 3.05) is 0 Å². The first kappa shape index (κ1) is 11.9. The molecular formula is C9H10ClFN2. The van der Waals surface area contributed by atoms with Gasteiger partial charge in [0.1, 0.15) is 11.9 Å². The SMILES string of the molecule is C[C@@H](N)c1ccc(F)c(C#N)c1.Cl. The summed E-state index contributed by atoms with van der Waals surface area (Å²) in [6.07, 6.45) is 0. The van der Waals surface area contributed by atoms with E-state index in [1.54, 1.807) is 19.1 Å². The Morgan fingerprint density at radius 3 is 2.62 bits per heavy atom. The number of hydrogen-bond donors (Lipinski definition) is 1. The molecule has 4 heteroatoms. The van der Waals surface area contributed by atoms with E-state index in [0.717, 1.165) is 5.56 Å². The van der Waals surface area contributed by atoms with Crippen LogP contribution in [0.3, 0.4) is 0 Å². The third-order valence-electron chi connectivity index (χ3n) is 1.64. The molecule has 0 heterocycles. The molecule has 1 rings (SSSR count).